The molecule has 29 heavy (non-hydrogen) atoms. The Morgan fingerprint density at radius 1 is 0.966 bits per heavy atom. The maximum Gasteiger partial charge on any atom is 0.255 e. The van der Waals surface area contributed by atoms with Gasteiger partial charge >= 0.3 is 0 Å². The van der Waals surface area contributed by atoms with Crippen LogP contribution in [0.3, 0.4) is 0 Å². The van der Waals surface area contributed by atoms with E-state index in [1.54, 1.807) is 12.4 Å². The van der Waals surface area contributed by atoms with Crippen molar-refractivity contribution in [3.63, 3.8) is 0 Å². The first kappa shape index (κ1) is 19.3. The van der Waals surface area contributed by atoms with Crippen LogP contribution in [0.15, 0.2) is 55.0 Å². The highest BCUT2D eigenvalue weighted by molar-refractivity contribution is 5.94. The fourth-order valence-electron chi connectivity index (χ4n) is 3.49. The van der Waals surface area contributed by atoms with Gasteiger partial charge in [-0.15, -0.1) is 0 Å². The molecule has 3 heterocycles. The first-order valence-electron chi connectivity index (χ1n) is 10.1. The molecule has 0 bridgehead atoms. The van der Waals surface area contributed by atoms with Crippen LogP contribution in [0.1, 0.15) is 35.7 Å². The van der Waals surface area contributed by atoms with Crippen LogP contribution in [0.2, 0.25) is 0 Å². The van der Waals surface area contributed by atoms with Crippen LogP contribution in [0.25, 0.3) is 16.9 Å². The molecule has 0 aliphatic carbocycles. The summed E-state index contributed by atoms with van der Waals surface area (Å²) in [5.41, 5.74) is 4.70. The third-order valence-corrected chi connectivity index (χ3v) is 5.50. The van der Waals surface area contributed by atoms with Gasteiger partial charge in [0, 0.05) is 44.1 Å². The lowest BCUT2D eigenvalue weighted by atomic mass is 10.0. The molecule has 0 atom stereocenters. The molecule has 3 aromatic rings. The molecule has 1 aliphatic rings. The molecule has 0 unspecified atom stereocenters. The van der Waals surface area contributed by atoms with Gasteiger partial charge in [-0.3, -0.25) is 9.78 Å². The van der Waals surface area contributed by atoms with Crippen LogP contribution in [-0.2, 0) is 0 Å². The molecule has 2 aromatic heterocycles. The minimum atomic E-state index is 0.0538. The third-order valence-electron chi connectivity index (χ3n) is 5.50. The molecular formula is C23H27N5O. The summed E-state index contributed by atoms with van der Waals surface area (Å²) in [6, 6.07) is 12.2. The van der Waals surface area contributed by atoms with E-state index in [0.29, 0.717) is 11.5 Å². The second kappa shape index (κ2) is 8.17. The molecule has 1 fully saturated rings. The van der Waals surface area contributed by atoms with Gasteiger partial charge in [0.15, 0.2) is 0 Å². The van der Waals surface area contributed by atoms with Crippen molar-refractivity contribution in [3.05, 3.63) is 66.1 Å². The largest absolute Gasteiger partial charge is 0.336 e. The van der Waals surface area contributed by atoms with Crippen LogP contribution in [0.4, 0.5) is 0 Å². The van der Waals surface area contributed by atoms with Gasteiger partial charge in [0.05, 0.1) is 23.1 Å². The summed E-state index contributed by atoms with van der Waals surface area (Å²) in [7, 11) is 2.08. The maximum atomic E-state index is 12.7. The highest BCUT2D eigenvalue weighted by Gasteiger charge is 2.20. The molecule has 6 nitrogen and oxygen atoms in total. The minimum Gasteiger partial charge on any atom is -0.336 e. The van der Waals surface area contributed by atoms with Gasteiger partial charge in [-0.2, -0.15) is 5.10 Å². The molecule has 1 saturated heterocycles. The highest BCUT2D eigenvalue weighted by Crippen LogP contribution is 2.21. The van der Waals surface area contributed by atoms with Gasteiger partial charge in [0.25, 0.3) is 5.91 Å². The van der Waals surface area contributed by atoms with Crippen LogP contribution in [0, 0.1) is 0 Å². The number of hydrogen-bond donors (Lipinski definition) is 0. The number of hydrogen-bond acceptors (Lipinski definition) is 4. The summed E-state index contributed by atoms with van der Waals surface area (Å²) >= 11 is 0. The average Bonchev–Trinajstić information content (AvgIpc) is 3.24. The fraction of sp³-hybridized carbons (Fsp3) is 0.348. The lowest BCUT2D eigenvalue weighted by molar-refractivity contribution is 0.0663. The van der Waals surface area contributed by atoms with Gasteiger partial charge in [0.1, 0.15) is 0 Å². The van der Waals surface area contributed by atoms with E-state index in [1.165, 1.54) is 5.56 Å². The molecule has 0 radical (unpaired) electrons. The molecule has 4 rings (SSSR count). The van der Waals surface area contributed by atoms with Crippen molar-refractivity contribution in [1.29, 1.82) is 0 Å². The number of benzene rings is 1. The zero-order valence-corrected chi connectivity index (χ0v) is 17.2. The molecule has 0 saturated carbocycles. The number of amides is 1. The number of nitrogens with zero attached hydrogens (tertiary/aromatic N) is 5. The first-order chi connectivity index (χ1) is 14.0. The Bertz CT molecular complexity index is 967. The third kappa shape index (κ3) is 4.22. The monoisotopic (exact) mass is 389 g/mol. The zero-order valence-electron chi connectivity index (χ0n) is 17.2. The lowest BCUT2D eigenvalue weighted by Gasteiger charge is -2.32. The van der Waals surface area contributed by atoms with Gasteiger partial charge in [-0.25, -0.2) is 4.68 Å². The predicted molar refractivity (Wildman–Crippen MR) is 114 cm³/mol. The van der Waals surface area contributed by atoms with E-state index >= 15 is 0 Å². The summed E-state index contributed by atoms with van der Waals surface area (Å²) in [6.07, 6.45) is 5.44. The number of piperazine rings is 1. The Morgan fingerprint density at radius 2 is 1.69 bits per heavy atom. The van der Waals surface area contributed by atoms with Crippen molar-refractivity contribution in [3.8, 4) is 16.9 Å². The molecule has 1 amide bonds. The van der Waals surface area contributed by atoms with E-state index in [1.807, 2.05) is 27.9 Å². The number of rotatable bonds is 4. The molecule has 1 aliphatic heterocycles. The van der Waals surface area contributed by atoms with E-state index in [2.05, 4.69) is 60.1 Å². The number of pyridine rings is 1. The van der Waals surface area contributed by atoms with E-state index in [0.717, 1.165) is 43.1 Å². The summed E-state index contributed by atoms with van der Waals surface area (Å²) in [6.45, 7) is 7.72. The summed E-state index contributed by atoms with van der Waals surface area (Å²) in [4.78, 5) is 21.3. The summed E-state index contributed by atoms with van der Waals surface area (Å²) in [5.74, 6) is 0.562. The normalized spacial score (nSPS) is 15.1. The molecule has 150 valence electrons. The quantitative estimate of drug-likeness (QED) is 0.686. The highest BCUT2D eigenvalue weighted by atomic mass is 16.2. The molecular weight excluding hydrogens is 362 g/mol. The number of carbonyl (C=O) groups excluding carboxylic acids is 1. The maximum absolute atomic E-state index is 12.7. The predicted octanol–water partition coefficient (Wildman–Crippen LogP) is 3.45. The van der Waals surface area contributed by atoms with Crippen molar-refractivity contribution in [1.82, 2.24) is 24.6 Å². The lowest BCUT2D eigenvalue weighted by Crippen LogP contribution is -2.47. The van der Waals surface area contributed by atoms with Crippen molar-refractivity contribution >= 4 is 5.91 Å². The molecule has 0 spiro atoms. The Labute approximate surface area is 171 Å². The van der Waals surface area contributed by atoms with Crippen LogP contribution in [0.5, 0.6) is 0 Å². The van der Waals surface area contributed by atoms with Gasteiger partial charge in [0.2, 0.25) is 0 Å². The van der Waals surface area contributed by atoms with Gasteiger partial charge < -0.3 is 9.80 Å². The number of aromatic nitrogens is 3. The fourth-order valence-corrected chi connectivity index (χ4v) is 3.49. The van der Waals surface area contributed by atoms with Crippen molar-refractivity contribution in [2.24, 2.45) is 0 Å². The Balaban J connectivity index is 1.47. The van der Waals surface area contributed by atoms with E-state index in [4.69, 9.17) is 0 Å². The first-order valence-corrected chi connectivity index (χ1v) is 10.1. The second-order valence-electron chi connectivity index (χ2n) is 7.95. The Morgan fingerprint density at radius 3 is 2.31 bits per heavy atom. The smallest absolute Gasteiger partial charge is 0.255 e. The number of carbonyl (C=O) groups is 1. The van der Waals surface area contributed by atoms with E-state index in [-0.39, 0.29) is 5.91 Å². The topological polar surface area (TPSA) is 54.3 Å². The molecule has 6 heteroatoms. The van der Waals surface area contributed by atoms with Crippen LogP contribution < -0.4 is 0 Å². The van der Waals surface area contributed by atoms with E-state index < -0.39 is 0 Å². The molecule has 0 N–H and O–H groups in total. The average molecular weight is 390 g/mol. The van der Waals surface area contributed by atoms with Crippen molar-refractivity contribution < 1.29 is 4.79 Å². The summed E-state index contributed by atoms with van der Waals surface area (Å²) in [5, 5.41) is 4.47. The summed E-state index contributed by atoms with van der Waals surface area (Å²) < 4.78 is 1.85. The second-order valence-corrected chi connectivity index (χ2v) is 7.95. The van der Waals surface area contributed by atoms with Gasteiger partial charge in [-0.05, 0) is 42.8 Å². The van der Waals surface area contributed by atoms with Crippen LogP contribution in [-0.4, -0.2) is 63.7 Å². The van der Waals surface area contributed by atoms with Gasteiger partial charge in [-0.1, -0.05) is 26.0 Å². The SMILES string of the molecule is CC(C)c1ccc(-n2cc(-c3ccc(C(=O)N4CCN(C)CC4)cn3)cn2)cc1. The Hall–Kier alpha value is -2.99. The van der Waals surface area contributed by atoms with Crippen molar-refractivity contribution in [2.45, 2.75) is 19.8 Å². The minimum absolute atomic E-state index is 0.0538. The van der Waals surface area contributed by atoms with Crippen molar-refractivity contribution in [2.75, 3.05) is 33.2 Å². The Kier molecular flexibility index (Phi) is 5.45. The zero-order chi connectivity index (χ0) is 20.4. The standard InChI is InChI=1S/C23H27N5O/c1-17(2)18-4-7-21(8-5-18)28-16-20(15-25-28)22-9-6-19(14-24-22)23(29)27-12-10-26(3)11-13-27/h4-9,14-17H,10-13H2,1-3H3. The number of likely N-dealkylation sites (N-methyl/N-ethyl adjacent to an activating group) is 1. The molecule has 1 aromatic carbocycles. The van der Waals surface area contributed by atoms with E-state index in [9.17, 15) is 4.79 Å². The van der Waals surface area contributed by atoms with Crippen LogP contribution >= 0.6 is 0 Å².